The zero-order chi connectivity index (χ0) is 19.7. The average molecular weight is 377 g/mol. The Kier molecular flexibility index (Phi) is 4.44. The minimum absolute atomic E-state index is 0.151. The van der Waals surface area contributed by atoms with Crippen LogP contribution in [-0.2, 0) is 13.6 Å². The number of fused-ring (bicyclic) bond motifs is 1. The van der Waals surface area contributed by atoms with Crippen molar-refractivity contribution < 1.29 is 9.18 Å². The second kappa shape index (κ2) is 7.07. The number of aromatic nitrogens is 4. The number of aromatic amines is 1. The predicted molar refractivity (Wildman–Crippen MR) is 102 cm³/mol. The molecule has 0 aliphatic rings. The average Bonchev–Trinajstić information content (AvgIpc) is 3.20. The van der Waals surface area contributed by atoms with E-state index >= 15 is 0 Å². The Bertz CT molecular complexity index is 1230. The molecule has 2 N–H and O–H groups in total. The number of benzene rings is 2. The topological polar surface area (TPSA) is 92.7 Å². The molecule has 140 valence electrons. The molecule has 0 atom stereocenters. The molecule has 28 heavy (non-hydrogen) atoms. The number of aryl methyl sites for hydroxylation is 1. The van der Waals surface area contributed by atoms with Crippen LogP contribution in [0.4, 0.5) is 4.39 Å². The van der Waals surface area contributed by atoms with E-state index in [9.17, 15) is 14.0 Å². The second-order valence-corrected chi connectivity index (χ2v) is 6.28. The van der Waals surface area contributed by atoms with Crippen LogP contribution in [0.1, 0.15) is 16.2 Å². The SMILES string of the molecule is Cn1nc(CNC(=O)c2cc(-c3ccc(F)cc3)n[nH]2)c2ccccc2c1=O. The van der Waals surface area contributed by atoms with Crippen LogP contribution in [0.5, 0.6) is 0 Å². The Morgan fingerprint density at radius 1 is 1.14 bits per heavy atom. The summed E-state index contributed by atoms with van der Waals surface area (Å²) in [6.07, 6.45) is 0. The van der Waals surface area contributed by atoms with E-state index in [2.05, 4.69) is 20.6 Å². The zero-order valence-corrected chi connectivity index (χ0v) is 14.9. The smallest absolute Gasteiger partial charge is 0.274 e. The van der Waals surface area contributed by atoms with Gasteiger partial charge < -0.3 is 5.32 Å². The molecule has 1 amide bonds. The van der Waals surface area contributed by atoms with Crippen LogP contribution in [0.2, 0.25) is 0 Å². The van der Waals surface area contributed by atoms with E-state index in [-0.39, 0.29) is 29.5 Å². The maximum atomic E-state index is 13.0. The lowest BCUT2D eigenvalue weighted by molar-refractivity contribution is 0.0945. The Balaban J connectivity index is 1.54. The summed E-state index contributed by atoms with van der Waals surface area (Å²) >= 11 is 0. The Hall–Kier alpha value is -3.81. The number of carbonyl (C=O) groups is 1. The van der Waals surface area contributed by atoms with Crippen LogP contribution in [0, 0.1) is 5.82 Å². The van der Waals surface area contributed by atoms with E-state index in [1.165, 1.54) is 16.8 Å². The van der Waals surface area contributed by atoms with Gasteiger partial charge in [-0.25, -0.2) is 9.07 Å². The summed E-state index contributed by atoms with van der Waals surface area (Å²) < 4.78 is 14.3. The van der Waals surface area contributed by atoms with Crippen LogP contribution in [0.25, 0.3) is 22.0 Å². The molecule has 0 fully saturated rings. The molecule has 0 aliphatic heterocycles. The van der Waals surface area contributed by atoms with Crippen LogP contribution in [0.3, 0.4) is 0 Å². The Labute approximate surface area is 158 Å². The summed E-state index contributed by atoms with van der Waals surface area (Å²) in [7, 11) is 1.57. The molecular weight excluding hydrogens is 361 g/mol. The zero-order valence-electron chi connectivity index (χ0n) is 14.9. The van der Waals surface area contributed by atoms with Crippen LogP contribution in [0.15, 0.2) is 59.4 Å². The van der Waals surface area contributed by atoms with Gasteiger partial charge in [-0.3, -0.25) is 14.7 Å². The highest BCUT2D eigenvalue weighted by Gasteiger charge is 2.13. The number of H-pyrrole nitrogens is 1. The molecule has 2 aromatic carbocycles. The lowest BCUT2D eigenvalue weighted by Crippen LogP contribution is -2.27. The van der Waals surface area contributed by atoms with Crippen molar-refractivity contribution in [2.75, 3.05) is 0 Å². The second-order valence-electron chi connectivity index (χ2n) is 6.28. The monoisotopic (exact) mass is 377 g/mol. The van der Waals surface area contributed by atoms with Gasteiger partial charge in [0.1, 0.15) is 11.5 Å². The normalized spacial score (nSPS) is 10.9. The third-order valence-corrected chi connectivity index (χ3v) is 4.41. The first kappa shape index (κ1) is 17.6. The van der Waals surface area contributed by atoms with Gasteiger partial charge in [0, 0.05) is 18.0 Å². The van der Waals surface area contributed by atoms with E-state index < -0.39 is 0 Å². The van der Waals surface area contributed by atoms with Crippen molar-refractivity contribution in [3.05, 3.63) is 82.2 Å². The third-order valence-electron chi connectivity index (χ3n) is 4.41. The molecule has 4 aromatic rings. The number of amides is 1. The van der Waals surface area contributed by atoms with E-state index in [0.717, 1.165) is 0 Å². The van der Waals surface area contributed by atoms with Gasteiger partial charge in [-0.2, -0.15) is 10.2 Å². The first-order valence-corrected chi connectivity index (χ1v) is 8.57. The van der Waals surface area contributed by atoms with Crippen molar-refractivity contribution in [2.45, 2.75) is 6.54 Å². The quantitative estimate of drug-likeness (QED) is 0.571. The van der Waals surface area contributed by atoms with Crippen molar-refractivity contribution in [3.8, 4) is 11.3 Å². The van der Waals surface area contributed by atoms with Crippen molar-refractivity contribution in [1.82, 2.24) is 25.3 Å². The Morgan fingerprint density at radius 2 is 1.86 bits per heavy atom. The largest absolute Gasteiger partial charge is 0.345 e. The number of nitrogens with one attached hydrogen (secondary N) is 2. The minimum atomic E-state index is -0.361. The van der Waals surface area contributed by atoms with Gasteiger partial charge in [-0.05, 0) is 36.4 Å². The molecule has 0 bridgehead atoms. The maximum Gasteiger partial charge on any atom is 0.274 e. The van der Waals surface area contributed by atoms with Crippen molar-refractivity contribution >= 4 is 16.7 Å². The molecule has 8 heteroatoms. The highest BCUT2D eigenvalue weighted by molar-refractivity contribution is 5.93. The molecule has 0 spiro atoms. The van der Waals surface area contributed by atoms with Gasteiger partial charge in [0.05, 0.1) is 23.3 Å². The predicted octanol–water partition coefficient (Wildman–Crippen LogP) is 2.39. The van der Waals surface area contributed by atoms with Crippen LogP contribution < -0.4 is 10.9 Å². The van der Waals surface area contributed by atoms with Crippen LogP contribution >= 0.6 is 0 Å². The van der Waals surface area contributed by atoms with E-state index in [0.29, 0.717) is 27.7 Å². The summed E-state index contributed by atoms with van der Waals surface area (Å²) in [5, 5.41) is 15.1. The van der Waals surface area contributed by atoms with Crippen molar-refractivity contribution in [1.29, 1.82) is 0 Å². The maximum absolute atomic E-state index is 13.0. The van der Waals surface area contributed by atoms with Crippen LogP contribution in [-0.4, -0.2) is 25.9 Å². The summed E-state index contributed by atoms with van der Waals surface area (Å²) in [5.41, 5.74) is 1.90. The van der Waals surface area contributed by atoms with Crippen molar-refractivity contribution in [2.24, 2.45) is 7.05 Å². The molecule has 2 heterocycles. The highest BCUT2D eigenvalue weighted by Crippen LogP contribution is 2.18. The number of nitrogens with zero attached hydrogens (tertiary/aromatic N) is 3. The lowest BCUT2D eigenvalue weighted by Gasteiger charge is -2.08. The van der Waals surface area contributed by atoms with Gasteiger partial charge in [-0.15, -0.1) is 0 Å². The number of carbonyl (C=O) groups excluding carboxylic acids is 1. The first-order chi connectivity index (χ1) is 13.5. The molecule has 0 saturated carbocycles. The molecule has 7 nitrogen and oxygen atoms in total. The highest BCUT2D eigenvalue weighted by atomic mass is 19.1. The summed E-state index contributed by atoms with van der Waals surface area (Å²) in [6.45, 7) is 0.151. The summed E-state index contributed by atoms with van der Waals surface area (Å²) in [6, 6.07) is 14.6. The third kappa shape index (κ3) is 3.27. The fraction of sp³-hybridized carbons (Fsp3) is 0.100. The summed E-state index contributed by atoms with van der Waals surface area (Å²) in [5.74, 6) is -0.699. The number of halogens is 1. The van der Waals surface area contributed by atoms with Gasteiger partial charge in [0.15, 0.2) is 0 Å². The summed E-state index contributed by atoms with van der Waals surface area (Å²) in [4.78, 5) is 24.6. The van der Waals surface area contributed by atoms with Gasteiger partial charge in [0.25, 0.3) is 11.5 Å². The lowest BCUT2D eigenvalue weighted by atomic mass is 10.1. The van der Waals surface area contributed by atoms with Crippen molar-refractivity contribution in [3.63, 3.8) is 0 Å². The van der Waals surface area contributed by atoms with Gasteiger partial charge in [0.2, 0.25) is 0 Å². The molecular formula is C20H16FN5O2. The fourth-order valence-corrected chi connectivity index (χ4v) is 2.97. The minimum Gasteiger partial charge on any atom is -0.345 e. The molecule has 0 radical (unpaired) electrons. The number of hydrogen-bond donors (Lipinski definition) is 2. The Morgan fingerprint density at radius 3 is 2.61 bits per heavy atom. The van der Waals surface area contributed by atoms with Gasteiger partial charge in [-0.1, -0.05) is 18.2 Å². The molecule has 0 aliphatic carbocycles. The first-order valence-electron chi connectivity index (χ1n) is 8.57. The van der Waals surface area contributed by atoms with E-state index in [1.54, 1.807) is 43.4 Å². The van der Waals surface area contributed by atoms with E-state index in [4.69, 9.17) is 0 Å². The number of hydrogen-bond acceptors (Lipinski definition) is 4. The molecule has 0 saturated heterocycles. The standard InChI is InChI=1S/C20H16FN5O2/c1-26-20(28)15-5-3-2-4-14(15)18(25-26)11-22-19(27)17-10-16(23-24-17)12-6-8-13(21)9-7-12/h2-10H,11H2,1H3,(H,22,27)(H,23,24). The molecule has 0 unspecified atom stereocenters. The fourth-order valence-electron chi connectivity index (χ4n) is 2.97. The van der Waals surface area contributed by atoms with E-state index in [1.807, 2.05) is 6.07 Å². The molecule has 4 rings (SSSR count). The van der Waals surface area contributed by atoms with Gasteiger partial charge >= 0.3 is 0 Å². The number of rotatable bonds is 4. The molecule has 2 aromatic heterocycles.